The van der Waals surface area contributed by atoms with Gasteiger partial charge in [-0.2, -0.15) is 0 Å². The van der Waals surface area contributed by atoms with Crippen molar-refractivity contribution < 1.29 is 9.53 Å². The second kappa shape index (κ2) is 7.74. The van der Waals surface area contributed by atoms with Gasteiger partial charge in [-0.25, -0.2) is 0 Å². The number of piperidine rings is 1. The highest BCUT2D eigenvalue weighted by atomic mass is 16.5. The summed E-state index contributed by atoms with van der Waals surface area (Å²) in [6.45, 7) is 8.56. The van der Waals surface area contributed by atoms with Crippen molar-refractivity contribution in [3.8, 4) is 0 Å². The lowest BCUT2D eigenvalue weighted by atomic mass is 9.93. The quantitative estimate of drug-likeness (QED) is 0.785. The molecule has 1 N–H and O–H groups in total. The molecule has 0 aromatic heterocycles. The standard InChI is InChI=1S/C14H28N2O2/c1-5-12(3)16(8-9-18-4)14(17)13-7-6-11(2)15-10-13/h11-13,15H,5-10H2,1-4H3. The molecule has 4 heteroatoms. The third kappa shape index (κ3) is 4.25. The van der Waals surface area contributed by atoms with Crippen molar-refractivity contribution in [3.63, 3.8) is 0 Å². The van der Waals surface area contributed by atoms with Gasteiger partial charge in [-0.05, 0) is 33.1 Å². The Morgan fingerprint density at radius 2 is 2.22 bits per heavy atom. The van der Waals surface area contributed by atoms with E-state index in [1.807, 2.05) is 4.90 Å². The highest BCUT2D eigenvalue weighted by molar-refractivity contribution is 5.79. The average Bonchev–Trinajstić information content (AvgIpc) is 2.39. The van der Waals surface area contributed by atoms with E-state index in [4.69, 9.17) is 4.74 Å². The molecule has 0 saturated carbocycles. The molecule has 1 heterocycles. The first kappa shape index (κ1) is 15.4. The third-order valence-electron chi connectivity index (χ3n) is 3.95. The molecular weight excluding hydrogens is 228 g/mol. The van der Waals surface area contributed by atoms with Gasteiger partial charge < -0.3 is 15.0 Å². The zero-order valence-corrected chi connectivity index (χ0v) is 12.2. The van der Waals surface area contributed by atoms with Crippen LogP contribution in [0.1, 0.15) is 40.0 Å². The number of ether oxygens (including phenoxy) is 1. The molecule has 0 aliphatic carbocycles. The highest BCUT2D eigenvalue weighted by Crippen LogP contribution is 2.18. The van der Waals surface area contributed by atoms with E-state index in [0.717, 1.165) is 25.8 Å². The Kier molecular flexibility index (Phi) is 6.65. The normalized spacial score (nSPS) is 25.8. The number of methoxy groups -OCH3 is 1. The molecule has 18 heavy (non-hydrogen) atoms. The Morgan fingerprint density at radius 1 is 1.50 bits per heavy atom. The van der Waals surface area contributed by atoms with Crippen LogP contribution < -0.4 is 5.32 Å². The Hall–Kier alpha value is -0.610. The lowest BCUT2D eigenvalue weighted by Gasteiger charge is -2.34. The summed E-state index contributed by atoms with van der Waals surface area (Å²) in [5.41, 5.74) is 0. The van der Waals surface area contributed by atoms with Gasteiger partial charge in [0.1, 0.15) is 0 Å². The minimum atomic E-state index is 0.145. The minimum absolute atomic E-state index is 0.145. The molecule has 1 amide bonds. The van der Waals surface area contributed by atoms with Crippen molar-refractivity contribution in [1.82, 2.24) is 10.2 Å². The van der Waals surface area contributed by atoms with Crippen LogP contribution in [-0.4, -0.2) is 49.7 Å². The van der Waals surface area contributed by atoms with Crippen LogP contribution in [0.5, 0.6) is 0 Å². The van der Waals surface area contributed by atoms with Gasteiger partial charge in [0.15, 0.2) is 0 Å². The number of nitrogens with one attached hydrogen (secondary N) is 1. The Bertz CT molecular complexity index is 250. The maximum Gasteiger partial charge on any atom is 0.227 e. The maximum absolute atomic E-state index is 12.5. The van der Waals surface area contributed by atoms with E-state index in [9.17, 15) is 4.79 Å². The average molecular weight is 256 g/mol. The zero-order chi connectivity index (χ0) is 13.5. The molecule has 106 valence electrons. The molecule has 0 spiro atoms. The van der Waals surface area contributed by atoms with Crippen molar-refractivity contribution in [2.75, 3.05) is 26.8 Å². The minimum Gasteiger partial charge on any atom is -0.383 e. The lowest BCUT2D eigenvalue weighted by Crippen LogP contribution is -2.49. The van der Waals surface area contributed by atoms with Gasteiger partial charge in [0.05, 0.1) is 12.5 Å². The van der Waals surface area contributed by atoms with Crippen molar-refractivity contribution in [1.29, 1.82) is 0 Å². The first-order valence-corrected chi connectivity index (χ1v) is 7.12. The van der Waals surface area contributed by atoms with Gasteiger partial charge in [-0.3, -0.25) is 4.79 Å². The molecule has 0 bridgehead atoms. The van der Waals surface area contributed by atoms with E-state index in [1.165, 1.54) is 0 Å². The van der Waals surface area contributed by atoms with Gasteiger partial charge in [-0.15, -0.1) is 0 Å². The van der Waals surface area contributed by atoms with Crippen molar-refractivity contribution in [2.24, 2.45) is 5.92 Å². The third-order valence-corrected chi connectivity index (χ3v) is 3.95. The molecular formula is C14H28N2O2. The van der Waals surface area contributed by atoms with Crippen molar-refractivity contribution >= 4 is 5.91 Å². The van der Waals surface area contributed by atoms with Gasteiger partial charge in [0, 0.05) is 32.3 Å². The topological polar surface area (TPSA) is 41.6 Å². The predicted octanol–water partition coefficient (Wildman–Crippen LogP) is 1.65. The Labute approximate surface area is 111 Å². The Morgan fingerprint density at radius 3 is 2.72 bits per heavy atom. The smallest absolute Gasteiger partial charge is 0.227 e. The molecule has 1 saturated heterocycles. The van der Waals surface area contributed by atoms with Gasteiger partial charge in [0.25, 0.3) is 0 Å². The number of hydrogen-bond donors (Lipinski definition) is 1. The number of amides is 1. The number of carbonyl (C=O) groups is 1. The molecule has 1 aliphatic rings. The maximum atomic E-state index is 12.5. The van der Waals surface area contributed by atoms with Gasteiger partial charge >= 0.3 is 0 Å². The van der Waals surface area contributed by atoms with Crippen molar-refractivity contribution in [3.05, 3.63) is 0 Å². The molecule has 3 atom stereocenters. The van der Waals surface area contributed by atoms with E-state index >= 15 is 0 Å². The largest absolute Gasteiger partial charge is 0.383 e. The molecule has 0 aromatic carbocycles. The van der Waals surface area contributed by atoms with Crippen molar-refractivity contribution in [2.45, 2.75) is 52.1 Å². The second-order valence-electron chi connectivity index (χ2n) is 5.37. The number of rotatable bonds is 6. The SMILES string of the molecule is CCC(C)N(CCOC)C(=O)C1CCC(C)NC1. The van der Waals surface area contributed by atoms with Crippen LogP contribution >= 0.6 is 0 Å². The summed E-state index contributed by atoms with van der Waals surface area (Å²) >= 11 is 0. The zero-order valence-electron chi connectivity index (χ0n) is 12.2. The molecule has 1 aliphatic heterocycles. The number of nitrogens with zero attached hydrogens (tertiary/aromatic N) is 1. The number of carbonyl (C=O) groups excluding carboxylic acids is 1. The summed E-state index contributed by atoms with van der Waals surface area (Å²) in [7, 11) is 1.68. The number of hydrogen-bond acceptors (Lipinski definition) is 3. The summed E-state index contributed by atoms with van der Waals surface area (Å²) in [6.07, 6.45) is 3.09. The summed E-state index contributed by atoms with van der Waals surface area (Å²) < 4.78 is 5.11. The van der Waals surface area contributed by atoms with Crippen LogP contribution in [0, 0.1) is 5.92 Å². The summed E-state index contributed by atoms with van der Waals surface area (Å²) in [5, 5.41) is 3.40. The summed E-state index contributed by atoms with van der Waals surface area (Å²) in [6, 6.07) is 0.845. The van der Waals surface area contributed by atoms with Crippen LogP contribution in [0.25, 0.3) is 0 Å². The summed E-state index contributed by atoms with van der Waals surface area (Å²) in [5.74, 6) is 0.438. The molecule has 0 aromatic rings. The molecule has 0 radical (unpaired) electrons. The fourth-order valence-corrected chi connectivity index (χ4v) is 2.40. The van der Waals surface area contributed by atoms with Crippen LogP contribution in [0.2, 0.25) is 0 Å². The van der Waals surface area contributed by atoms with E-state index in [1.54, 1.807) is 7.11 Å². The van der Waals surface area contributed by atoms with Gasteiger partial charge in [0.2, 0.25) is 5.91 Å². The first-order chi connectivity index (χ1) is 8.60. The summed E-state index contributed by atoms with van der Waals surface area (Å²) in [4.78, 5) is 14.5. The fourth-order valence-electron chi connectivity index (χ4n) is 2.40. The monoisotopic (exact) mass is 256 g/mol. The Balaban J connectivity index is 2.57. The molecule has 3 unspecified atom stereocenters. The van der Waals surface area contributed by atoms with Crippen LogP contribution in [0.15, 0.2) is 0 Å². The first-order valence-electron chi connectivity index (χ1n) is 7.12. The van der Waals surface area contributed by atoms with Gasteiger partial charge in [-0.1, -0.05) is 6.92 Å². The predicted molar refractivity (Wildman–Crippen MR) is 73.5 cm³/mol. The lowest BCUT2D eigenvalue weighted by molar-refractivity contribution is -0.139. The molecule has 1 rings (SSSR count). The van der Waals surface area contributed by atoms with Crippen LogP contribution in [0.4, 0.5) is 0 Å². The van der Waals surface area contributed by atoms with E-state index in [0.29, 0.717) is 31.1 Å². The molecule has 4 nitrogen and oxygen atoms in total. The highest BCUT2D eigenvalue weighted by Gasteiger charge is 2.29. The van der Waals surface area contributed by atoms with Crippen LogP contribution in [-0.2, 0) is 9.53 Å². The fraction of sp³-hybridized carbons (Fsp3) is 0.929. The van der Waals surface area contributed by atoms with E-state index in [-0.39, 0.29) is 5.92 Å². The van der Waals surface area contributed by atoms with E-state index in [2.05, 4.69) is 26.1 Å². The van der Waals surface area contributed by atoms with Crippen LogP contribution in [0.3, 0.4) is 0 Å². The van der Waals surface area contributed by atoms with E-state index < -0.39 is 0 Å². The second-order valence-corrected chi connectivity index (χ2v) is 5.37. The molecule has 1 fully saturated rings.